The topological polar surface area (TPSA) is 93.2 Å². The molecule has 1 amide bonds. The first-order valence-electron chi connectivity index (χ1n) is 6.34. The summed E-state index contributed by atoms with van der Waals surface area (Å²) in [6.07, 6.45) is 0. The second kappa shape index (κ2) is 6.83. The number of methoxy groups -OCH3 is 1. The van der Waals surface area contributed by atoms with Gasteiger partial charge in [0.15, 0.2) is 0 Å². The zero-order valence-electron chi connectivity index (χ0n) is 12.4. The Kier molecular flexibility index (Phi) is 5.42. The van der Waals surface area contributed by atoms with Crippen LogP contribution in [0.25, 0.3) is 0 Å². The van der Waals surface area contributed by atoms with Crippen molar-refractivity contribution in [1.82, 2.24) is 15.3 Å². The van der Waals surface area contributed by atoms with Crippen LogP contribution in [0, 0.1) is 6.92 Å². The van der Waals surface area contributed by atoms with Gasteiger partial charge in [0, 0.05) is 17.8 Å². The molecule has 7 heteroatoms. The van der Waals surface area contributed by atoms with Crippen molar-refractivity contribution in [2.45, 2.75) is 39.8 Å². The van der Waals surface area contributed by atoms with Crippen molar-refractivity contribution in [2.24, 2.45) is 0 Å². The number of nitrogens with one attached hydrogen (secondary N) is 2. The van der Waals surface area contributed by atoms with Gasteiger partial charge >= 0.3 is 5.97 Å². The number of hydrogen-bond acceptors (Lipinski definition) is 6. The molecule has 110 valence electrons. The van der Waals surface area contributed by atoms with Gasteiger partial charge in [-0.3, -0.25) is 4.79 Å². The van der Waals surface area contributed by atoms with Gasteiger partial charge in [0.05, 0.1) is 7.11 Å². The van der Waals surface area contributed by atoms with Crippen molar-refractivity contribution in [3.05, 3.63) is 17.6 Å². The molecule has 0 fully saturated rings. The van der Waals surface area contributed by atoms with Gasteiger partial charge in [-0.05, 0) is 27.7 Å². The molecule has 1 atom stereocenters. The smallest absolute Gasteiger partial charge is 0.376 e. The van der Waals surface area contributed by atoms with Gasteiger partial charge in [0.1, 0.15) is 11.9 Å². The molecule has 1 aromatic rings. The predicted octanol–water partition coefficient (Wildman–Crippen LogP) is 0.897. The van der Waals surface area contributed by atoms with E-state index in [1.54, 1.807) is 19.9 Å². The molecule has 0 saturated heterocycles. The van der Waals surface area contributed by atoms with E-state index in [1.165, 1.54) is 7.11 Å². The van der Waals surface area contributed by atoms with Crippen LogP contribution in [0.3, 0.4) is 0 Å². The van der Waals surface area contributed by atoms with E-state index in [0.717, 1.165) is 0 Å². The molecule has 2 N–H and O–H groups in total. The van der Waals surface area contributed by atoms with Gasteiger partial charge in [0.2, 0.25) is 11.7 Å². The predicted molar refractivity (Wildman–Crippen MR) is 74.5 cm³/mol. The maximum atomic E-state index is 11.8. The first-order valence-corrected chi connectivity index (χ1v) is 6.34. The van der Waals surface area contributed by atoms with Gasteiger partial charge in [-0.25, -0.2) is 14.8 Å². The minimum atomic E-state index is -0.615. The lowest BCUT2D eigenvalue weighted by atomic mass is 10.2. The summed E-state index contributed by atoms with van der Waals surface area (Å²) in [4.78, 5) is 31.2. The molecule has 0 spiro atoms. The average Bonchev–Trinajstić information content (AvgIpc) is 2.36. The van der Waals surface area contributed by atoms with Crippen molar-refractivity contribution >= 4 is 17.7 Å². The number of esters is 1. The van der Waals surface area contributed by atoms with E-state index < -0.39 is 12.0 Å². The van der Waals surface area contributed by atoms with Crippen LogP contribution in [-0.2, 0) is 9.53 Å². The van der Waals surface area contributed by atoms with Crippen molar-refractivity contribution in [2.75, 3.05) is 12.4 Å². The summed E-state index contributed by atoms with van der Waals surface area (Å²) < 4.78 is 4.58. The summed E-state index contributed by atoms with van der Waals surface area (Å²) in [5.41, 5.74) is 0.611. The number of rotatable bonds is 5. The van der Waals surface area contributed by atoms with Gasteiger partial charge in [-0.1, -0.05) is 0 Å². The third kappa shape index (κ3) is 4.49. The van der Waals surface area contributed by atoms with Crippen LogP contribution >= 0.6 is 0 Å². The number of anilines is 1. The first kappa shape index (κ1) is 15.9. The number of ether oxygens (including phenoxy) is 1. The van der Waals surface area contributed by atoms with Crippen molar-refractivity contribution in [3.63, 3.8) is 0 Å². The van der Waals surface area contributed by atoms with Crippen LogP contribution in [-0.4, -0.2) is 41.0 Å². The van der Waals surface area contributed by atoms with Crippen LogP contribution in [0.1, 0.15) is 37.1 Å². The molecule has 0 aliphatic heterocycles. The SMILES string of the molecule is COC(=O)c1nc(C)cc(NC(C)C(=O)NC(C)C)n1. The molecule has 1 heterocycles. The summed E-state index contributed by atoms with van der Waals surface area (Å²) in [5.74, 6) is -0.386. The van der Waals surface area contributed by atoms with Crippen LogP contribution in [0.2, 0.25) is 0 Å². The summed E-state index contributed by atoms with van der Waals surface area (Å²) in [5, 5.41) is 5.73. The molecule has 0 bridgehead atoms. The minimum absolute atomic E-state index is 0.0357. The molecular weight excluding hydrogens is 260 g/mol. The molecule has 1 rings (SSSR count). The lowest BCUT2D eigenvalue weighted by Crippen LogP contribution is -2.41. The van der Waals surface area contributed by atoms with E-state index in [-0.39, 0.29) is 17.8 Å². The highest BCUT2D eigenvalue weighted by Crippen LogP contribution is 2.08. The van der Waals surface area contributed by atoms with E-state index >= 15 is 0 Å². The van der Waals surface area contributed by atoms with E-state index in [4.69, 9.17) is 0 Å². The zero-order chi connectivity index (χ0) is 15.3. The van der Waals surface area contributed by atoms with E-state index in [1.807, 2.05) is 13.8 Å². The maximum Gasteiger partial charge on any atom is 0.376 e. The fourth-order valence-electron chi connectivity index (χ4n) is 1.52. The quantitative estimate of drug-likeness (QED) is 0.778. The highest BCUT2D eigenvalue weighted by Gasteiger charge is 2.16. The van der Waals surface area contributed by atoms with E-state index in [9.17, 15) is 9.59 Å². The number of amides is 1. The fraction of sp³-hybridized carbons (Fsp3) is 0.538. The Morgan fingerprint density at radius 1 is 1.25 bits per heavy atom. The third-order valence-corrected chi connectivity index (χ3v) is 2.41. The molecule has 7 nitrogen and oxygen atoms in total. The summed E-state index contributed by atoms with van der Waals surface area (Å²) in [6, 6.07) is 1.24. The highest BCUT2D eigenvalue weighted by molar-refractivity contribution is 5.86. The van der Waals surface area contributed by atoms with Gasteiger partial charge < -0.3 is 15.4 Å². The number of carbonyl (C=O) groups is 2. The summed E-state index contributed by atoms with van der Waals surface area (Å²) in [7, 11) is 1.26. The minimum Gasteiger partial charge on any atom is -0.463 e. The Balaban J connectivity index is 2.84. The van der Waals surface area contributed by atoms with Gasteiger partial charge in [-0.15, -0.1) is 0 Å². The first-order chi connectivity index (χ1) is 9.33. The number of aryl methyl sites for hydroxylation is 1. The van der Waals surface area contributed by atoms with E-state index in [0.29, 0.717) is 11.5 Å². The maximum absolute atomic E-state index is 11.8. The standard InChI is InChI=1S/C13H20N4O3/c1-7(2)14-12(18)9(4)16-10-6-8(3)15-11(17-10)13(19)20-5/h6-7,9H,1-5H3,(H,14,18)(H,15,16,17). The molecule has 0 aliphatic carbocycles. The lowest BCUT2D eigenvalue weighted by Gasteiger charge is -2.16. The van der Waals surface area contributed by atoms with Gasteiger partial charge in [-0.2, -0.15) is 0 Å². The molecule has 0 aromatic carbocycles. The lowest BCUT2D eigenvalue weighted by molar-refractivity contribution is -0.122. The second-order valence-electron chi connectivity index (χ2n) is 4.74. The summed E-state index contributed by atoms with van der Waals surface area (Å²) in [6.45, 7) is 7.22. The van der Waals surface area contributed by atoms with Crippen molar-refractivity contribution in [1.29, 1.82) is 0 Å². The molecule has 0 aliphatic rings. The molecule has 20 heavy (non-hydrogen) atoms. The van der Waals surface area contributed by atoms with Crippen LogP contribution in [0.15, 0.2) is 6.07 Å². The number of carbonyl (C=O) groups excluding carboxylic acids is 2. The Hall–Kier alpha value is -2.18. The number of hydrogen-bond donors (Lipinski definition) is 2. The highest BCUT2D eigenvalue weighted by atomic mass is 16.5. The van der Waals surface area contributed by atoms with Crippen LogP contribution < -0.4 is 10.6 Å². The van der Waals surface area contributed by atoms with E-state index in [2.05, 4.69) is 25.3 Å². The summed E-state index contributed by atoms with van der Waals surface area (Å²) >= 11 is 0. The third-order valence-electron chi connectivity index (χ3n) is 2.41. The fourth-order valence-corrected chi connectivity index (χ4v) is 1.52. The molecule has 1 unspecified atom stereocenters. The second-order valence-corrected chi connectivity index (χ2v) is 4.74. The van der Waals surface area contributed by atoms with Crippen molar-refractivity contribution < 1.29 is 14.3 Å². The molecule has 0 saturated carbocycles. The van der Waals surface area contributed by atoms with Crippen LogP contribution in [0.5, 0.6) is 0 Å². The number of nitrogens with zero attached hydrogens (tertiary/aromatic N) is 2. The van der Waals surface area contributed by atoms with Gasteiger partial charge in [0.25, 0.3) is 0 Å². The monoisotopic (exact) mass is 280 g/mol. The molecule has 0 radical (unpaired) electrons. The average molecular weight is 280 g/mol. The Bertz CT molecular complexity index is 502. The Morgan fingerprint density at radius 2 is 1.90 bits per heavy atom. The van der Waals surface area contributed by atoms with Crippen molar-refractivity contribution in [3.8, 4) is 0 Å². The largest absolute Gasteiger partial charge is 0.463 e. The molecule has 1 aromatic heterocycles. The number of aromatic nitrogens is 2. The molecular formula is C13H20N4O3. The van der Waals surface area contributed by atoms with Crippen LogP contribution in [0.4, 0.5) is 5.82 Å². The Morgan fingerprint density at radius 3 is 2.45 bits per heavy atom. The normalized spacial score (nSPS) is 11.9. The zero-order valence-corrected chi connectivity index (χ0v) is 12.4. The Labute approximate surface area is 118 Å².